The summed E-state index contributed by atoms with van der Waals surface area (Å²) in [4.78, 5) is 12.6. The minimum atomic E-state index is -0.468. The van der Waals surface area contributed by atoms with Crippen molar-refractivity contribution in [3.05, 3.63) is 92.3 Å². The maximum absolute atomic E-state index is 12.6. The molecule has 2 aromatic heterocycles. The number of rotatable bonds is 7. The molecule has 2 aromatic carbocycles. The Labute approximate surface area is 203 Å². The van der Waals surface area contributed by atoms with E-state index in [4.69, 9.17) is 51.1 Å². The molecular weight excluding hydrogens is 496 g/mol. The van der Waals surface area contributed by atoms with E-state index in [9.17, 15) is 4.79 Å². The SMILES string of the molecule is O=C(Nc1nn(Cc2ccccc2Cl)cc1Cl)c1ccn(COc2c(Cl)cccc2Cl)n1. The second-order valence-electron chi connectivity index (χ2n) is 6.63. The number of ether oxygens (including phenoxy) is 1. The number of nitrogens with one attached hydrogen (secondary N) is 1. The summed E-state index contributed by atoms with van der Waals surface area (Å²) in [6, 6.07) is 14.0. The summed E-state index contributed by atoms with van der Waals surface area (Å²) in [5, 5.41) is 12.8. The van der Waals surface area contributed by atoms with Crippen LogP contribution in [0.25, 0.3) is 0 Å². The number of amides is 1. The summed E-state index contributed by atoms with van der Waals surface area (Å²) in [5.74, 6) is 0.0926. The summed E-state index contributed by atoms with van der Waals surface area (Å²) >= 11 is 24.6. The van der Waals surface area contributed by atoms with E-state index in [-0.39, 0.29) is 18.2 Å². The number of halogens is 4. The van der Waals surface area contributed by atoms with Crippen LogP contribution < -0.4 is 10.1 Å². The van der Waals surface area contributed by atoms with Crippen molar-refractivity contribution in [2.75, 3.05) is 5.32 Å². The molecule has 4 rings (SSSR count). The van der Waals surface area contributed by atoms with E-state index >= 15 is 0 Å². The fourth-order valence-electron chi connectivity index (χ4n) is 2.84. The van der Waals surface area contributed by atoms with E-state index in [2.05, 4.69) is 15.5 Å². The van der Waals surface area contributed by atoms with Crippen molar-refractivity contribution in [1.29, 1.82) is 0 Å². The van der Waals surface area contributed by atoms with Crippen LogP contribution >= 0.6 is 46.4 Å². The van der Waals surface area contributed by atoms with Gasteiger partial charge in [0.2, 0.25) is 0 Å². The average Bonchev–Trinajstić information content (AvgIpc) is 3.36. The first kappa shape index (κ1) is 22.5. The topological polar surface area (TPSA) is 74.0 Å². The Morgan fingerprint density at radius 1 is 0.875 bits per heavy atom. The zero-order valence-electron chi connectivity index (χ0n) is 16.3. The van der Waals surface area contributed by atoms with E-state index in [0.29, 0.717) is 32.4 Å². The molecule has 0 unspecified atom stereocenters. The number of carbonyl (C=O) groups excluding carboxylic acids is 1. The molecule has 164 valence electrons. The van der Waals surface area contributed by atoms with Crippen molar-refractivity contribution in [3.63, 3.8) is 0 Å². The summed E-state index contributed by atoms with van der Waals surface area (Å²) in [5.41, 5.74) is 1.04. The summed E-state index contributed by atoms with van der Waals surface area (Å²) in [6.45, 7) is 0.426. The van der Waals surface area contributed by atoms with Gasteiger partial charge in [-0.3, -0.25) is 9.48 Å². The van der Waals surface area contributed by atoms with Crippen molar-refractivity contribution >= 4 is 58.1 Å². The summed E-state index contributed by atoms with van der Waals surface area (Å²) < 4.78 is 8.64. The van der Waals surface area contributed by atoms with E-state index in [0.717, 1.165) is 5.56 Å². The van der Waals surface area contributed by atoms with Gasteiger partial charge in [0.25, 0.3) is 5.91 Å². The van der Waals surface area contributed by atoms with Crippen LogP contribution in [-0.2, 0) is 13.3 Å². The number of anilines is 1. The second kappa shape index (κ2) is 9.83. The standard InChI is InChI=1S/C21H15Cl4N5O2/c22-14-5-2-1-4-13(14)10-30-11-17(25)20(28-30)26-21(31)18-8-9-29(27-18)12-32-19-15(23)6-3-7-16(19)24/h1-9,11H,10,12H2,(H,26,28,31). The van der Waals surface area contributed by atoms with E-state index in [1.54, 1.807) is 47.4 Å². The monoisotopic (exact) mass is 509 g/mol. The fraction of sp³-hybridized carbons (Fsp3) is 0.0952. The Hall–Kier alpha value is -2.71. The minimum absolute atomic E-state index is 0.0178. The fourth-order valence-corrected chi connectivity index (χ4v) is 3.74. The smallest absolute Gasteiger partial charge is 0.277 e. The van der Waals surface area contributed by atoms with Gasteiger partial charge in [-0.15, -0.1) is 0 Å². The quantitative estimate of drug-likeness (QED) is 0.329. The third-order valence-electron chi connectivity index (χ3n) is 4.37. The molecule has 32 heavy (non-hydrogen) atoms. The van der Waals surface area contributed by atoms with Gasteiger partial charge in [0, 0.05) is 17.4 Å². The molecule has 0 aliphatic carbocycles. The molecule has 0 atom stereocenters. The van der Waals surface area contributed by atoms with Crippen molar-refractivity contribution < 1.29 is 9.53 Å². The lowest BCUT2D eigenvalue weighted by molar-refractivity contribution is 0.101. The van der Waals surface area contributed by atoms with Crippen molar-refractivity contribution in [3.8, 4) is 5.75 Å². The number of nitrogens with zero attached hydrogens (tertiary/aromatic N) is 4. The molecule has 0 bridgehead atoms. The number of hydrogen-bond donors (Lipinski definition) is 1. The third kappa shape index (κ3) is 5.19. The van der Waals surface area contributed by atoms with E-state index in [1.807, 2.05) is 18.2 Å². The lowest BCUT2D eigenvalue weighted by Gasteiger charge is -2.09. The molecule has 1 amide bonds. The Bertz CT molecular complexity index is 1250. The third-order valence-corrected chi connectivity index (χ3v) is 5.61. The molecule has 0 fully saturated rings. The van der Waals surface area contributed by atoms with Crippen LogP contribution in [0.5, 0.6) is 5.75 Å². The van der Waals surface area contributed by atoms with Crippen LogP contribution in [0.4, 0.5) is 5.82 Å². The van der Waals surface area contributed by atoms with Gasteiger partial charge in [-0.25, -0.2) is 4.68 Å². The molecule has 0 saturated carbocycles. The lowest BCUT2D eigenvalue weighted by Crippen LogP contribution is -2.15. The van der Waals surface area contributed by atoms with Crippen molar-refractivity contribution in [1.82, 2.24) is 19.6 Å². The molecule has 4 aromatic rings. The van der Waals surface area contributed by atoms with Crippen LogP contribution in [0.2, 0.25) is 20.1 Å². The molecule has 0 aliphatic heterocycles. The molecule has 7 nitrogen and oxygen atoms in total. The summed E-state index contributed by atoms with van der Waals surface area (Å²) in [7, 11) is 0. The molecule has 0 saturated heterocycles. The number of aromatic nitrogens is 4. The first-order chi connectivity index (χ1) is 15.4. The predicted molar refractivity (Wildman–Crippen MR) is 125 cm³/mol. The molecule has 0 radical (unpaired) electrons. The zero-order chi connectivity index (χ0) is 22.7. The van der Waals surface area contributed by atoms with Gasteiger partial charge < -0.3 is 10.1 Å². The number of carbonyl (C=O) groups is 1. The lowest BCUT2D eigenvalue weighted by atomic mass is 10.2. The van der Waals surface area contributed by atoms with Gasteiger partial charge in [-0.1, -0.05) is 70.7 Å². The number of para-hydroxylation sites is 1. The first-order valence-electron chi connectivity index (χ1n) is 9.28. The van der Waals surface area contributed by atoms with Gasteiger partial charge in [0.1, 0.15) is 5.02 Å². The summed E-state index contributed by atoms with van der Waals surface area (Å²) in [6.07, 6.45) is 3.21. The molecule has 0 spiro atoms. The average molecular weight is 511 g/mol. The second-order valence-corrected chi connectivity index (χ2v) is 8.26. The predicted octanol–water partition coefficient (Wildman–Crippen LogP) is 6.03. The van der Waals surface area contributed by atoms with Crippen LogP contribution in [0.3, 0.4) is 0 Å². The first-order valence-corrected chi connectivity index (χ1v) is 10.8. The van der Waals surface area contributed by atoms with Gasteiger partial charge >= 0.3 is 0 Å². The zero-order valence-corrected chi connectivity index (χ0v) is 19.3. The van der Waals surface area contributed by atoms with Crippen molar-refractivity contribution in [2.45, 2.75) is 13.3 Å². The maximum atomic E-state index is 12.6. The van der Waals surface area contributed by atoms with Gasteiger partial charge in [-0.2, -0.15) is 10.2 Å². The largest absolute Gasteiger partial charge is 0.468 e. The Morgan fingerprint density at radius 3 is 2.34 bits per heavy atom. The molecule has 1 N–H and O–H groups in total. The number of hydrogen-bond acceptors (Lipinski definition) is 4. The highest BCUT2D eigenvalue weighted by molar-refractivity contribution is 6.37. The van der Waals surface area contributed by atoms with Crippen molar-refractivity contribution in [2.24, 2.45) is 0 Å². The van der Waals surface area contributed by atoms with E-state index in [1.165, 1.54) is 4.68 Å². The Kier molecular flexibility index (Phi) is 6.91. The van der Waals surface area contributed by atoms with Gasteiger partial charge in [0.05, 0.1) is 16.6 Å². The normalized spacial score (nSPS) is 10.9. The maximum Gasteiger partial charge on any atom is 0.277 e. The molecular formula is C21H15Cl4N5O2. The van der Waals surface area contributed by atoms with Gasteiger partial charge in [0.15, 0.2) is 24.0 Å². The van der Waals surface area contributed by atoms with E-state index < -0.39 is 5.91 Å². The van der Waals surface area contributed by atoms with Crippen LogP contribution in [0.1, 0.15) is 16.1 Å². The molecule has 0 aliphatic rings. The minimum Gasteiger partial charge on any atom is -0.468 e. The Balaban J connectivity index is 1.40. The molecule has 2 heterocycles. The highest BCUT2D eigenvalue weighted by Gasteiger charge is 2.16. The van der Waals surface area contributed by atoms with Crippen LogP contribution in [0.15, 0.2) is 60.9 Å². The number of benzene rings is 2. The molecule has 11 heteroatoms. The Morgan fingerprint density at radius 2 is 1.59 bits per heavy atom. The van der Waals surface area contributed by atoms with Gasteiger partial charge in [-0.05, 0) is 29.8 Å². The highest BCUT2D eigenvalue weighted by Crippen LogP contribution is 2.32. The van der Waals surface area contributed by atoms with Crippen LogP contribution in [0, 0.1) is 0 Å². The van der Waals surface area contributed by atoms with Crippen LogP contribution in [-0.4, -0.2) is 25.5 Å². The highest BCUT2D eigenvalue weighted by atomic mass is 35.5.